The SMILES string of the molecule is CS(=O)c1nccc(-c2c(-c3ccc(F)cc3)ncn2C2CCN(C(=O)OC(C)(C)C)CC2)n1. The van der Waals surface area contributed by atoms with Crippen molar-refractivity contribution in [2.45, 2.75) is 50.4 Å². The average Bonchev–Trinajstić information content (AvgIpc) is 3.24. The summed E-state index contributed by atoms with van der Waals surface area (Å²) in [5.41, 5.74) is 2.20. The second-order valence-electron chi connectivity index (χ2n) is 9.23. The number of imidazole rings is 1. The monoisotopic (exact) mass is 485 g/mol. The number of piperidine rings is 1. The lowest BCUT2D eigenvalue weighted by atomic mass is 10.0. The molecular weight excluding hydrogens is 457 g/mol. The summed E-state index contributed by atoms with van der Waals surface area (Å²) in [4.78, 5) is 27.5. The highest BCUT2D eigenvalue weighted by Gasteiger charge is 2.30. The highest BCUT2D eigenvalue weighted by molar-refractivity contribution is 7.84. The lowest BCUT2D eigenvalue weighted by molar-refractivity contribution is 0.0189. The van der Waals surface area contributed by atoms with Gasteiger partial charge in [0.05, 0.1) is 34.2 Å². The van der Waals surface area contributed by atoms with E-state index >= 15 is 0 Å². The van der Waals surface area contributed by atoms with Crippen LogP contribution in [0.1, 0.15) is 39.7 Å². The molecule has 34 heavy (non-hydrogen) atoms. The molecule has 0 radical (unpaired) electrons. The summed E-state index contributed by atoms with van der Waals surface area (Å²) in [6, 6.07) is 7.97. The van der Waals surface area contributed by atoms with Crippen molar-refractivity contribution in [3.8, 4) is 22.6 Å². The third kappa shape index (κ3) is 5.32. The van der Waals surface area contributed by atoms with Crippen molar-refractivity contribution in [3.63, 3.8) is 0 Å². The number of carbonyl (C=O) groups excluding carboxylic acids is 1. The number of rotatable bonds is 4. The minimum absolute atomic E-state index is 0.0703. The van der Waals surface area contributed by atoms with Crippen molar-refractivity contribution in [2.24, 2.45) is 0 Å². The second-order valence-corrected chi connectivity index (χ2v) is 10.5. The van der Waals surface area contributed by atoms with Crippen LogP contribution in [0.2, 0.25) is 0 Å². The van der Waals surface area contributed by atoms with E-state index in [9.17, 15) is 13.4 Å². The number of benzene rings is 1. The largest absolute Gasteiger partial charge is 0.444 e. The molecule has 1 fully saturated rings. The molecule has 0 N–H and O–H groups in total. The molecule has 8 nitrogen and oxygen atoms in total. The maximum absolute atomic E-state index is 13.5. The number of hydrogen-bond acceptors (Lipinski definition) is 6. The van der Waals surface area contributed by atoms with E-state index in [0.29, 0.717) is 37.3 Å². The number of aromatic nitrogens is 4. The molecule has 0 spiro atoms. The Morgan fingerprint density at radius 3 is 2.41 bits per heavy atom. The molecule has 2 aromatic heterocycles. The number of ether oxygens (including phenoxy) is 1. The van der Waals surface area contributed by atoms with Gasteiger partial charge >= 0.3 is 6.09 Å². The highest BCUT2D eigenvalue weighted by atomic mass is 32.2. The van der Waals surface area contributed by atoms with Crippen molar-refractivity contribution in [3.05, 3.63) is 48.7 Å². The number of amides is 1. The Balaban J connectivity index is 1.67. The molecular formula is C24H28FN5O3S. The van der Waals surface area contributed by atoms with Crippen molar-refractivity contribution < 1.29 is 18.1 Å². The van der Waals surface area contributed by atoms with Gasteiger partial charge in [-0.1, -0.05) is 0 Å². The molecule has 1 aliphatic heterocycles. The van der Waals surface area contributed by atoms with E-state index in [1.807, 2.05) is 20.8 Å². The summed E-state index contributed by atoms with van der Waals surface area (Å²) in [6.45, 7) is 6.66. The molecule has 0 saturated carbocycles. The first kappa shape index (κ1) is 24.0. The van der Waals surface area contributed by atoms with Gasteiger partial charge in [-0.25, -0.2) is 24.1 Å². The van der Waals surface area contributed by atoms with E-state index in [1.165, 1.54) is 18.4 Å². The van der Waals surface area contributed by atoms with Crippen LogP contribution in [0.4, 0.5) is 9.18 Å². The predicted molar refractivity (Wildman–Crippen MR) is 127 cm³/mol. The standard InChI is InChI=1S/C24H28FN5O3S/c1-24(2,3)33-23(31)29-13-10-18(11-14-29)30-15-27-20(16-5-7-17(25)8-6-16)21(30)19-9-12-26-22(28-19)34(4)32/h5-9,12,15,18H,10-11,13-14H2,1-4H3. The first-order valence-corrected chi connectivity index (χ1v) is 12.7. The number of nitrogens with zero attached hydrogens (tertiary/aromatic N) is 5. The Morgan fingerprint density at radius 2 is 1.79 bits per heavy atom. The van der Waals surface area contributed by atoms with Crippen LogP contribution in [0, 0.1) is 5.82 Å². The Labute approximate surface area is 200 Å². The fourth-order valence-electron chi connectivity index (χ4n) is 3.97. The summed E-state index contributed by atoms with van der Waals surface area (Å²) in [7, 11) is -1.34. The normalized spacial score (nSPS) is 15.9. The fraction of sp³-hybridized carbons (Fsp3) is 0.417. The molecule has 1 atom stereocenters. The van der Waals surface area contributed by atoms with E-state index in [4.69, 9.17) is 4.74 Å². The smallest absolute Gasteiger partial charge is 0.410 e. The van der Waals surface area contributed by atoms with Crippen LogP contribution in [0.3, 0.4) is 0 Å². The Bertz CT molecular complexity index is 1200. The molecule has 3 aromatic rings. The summed E-state index contributed by atoms with van der Waals surface area (Å²) < 4.78 is 33.1. The molecule has 1 amide bonds. The zero-order valence-corrected chi connectivity index (χ0v) is 20.5. The molecule has 180 valence electrons. The zero-order valence-electron chi connectivity index (χ0n) is 19.7. The Hall–Kier alpha value is -3.14. The maximum Gasteiger partial charge on any atom is 0.410 e. The van der Waals surface area contributed by atoms with E-state index in [0.717, 1.165) is 11.3 Å². The van der Waals surface area contributed by atoms with Crippen LogP contribution in [0.25, 0.3) is 22.6 Å². The zero-order chi connectivity index (χ0) is 24.5. The van der Waals surface area contributed by atoms with Gasteiger partial charge in [-0.2, -0.15) is 0 Å². The van der Waals surface area contributed by atoms with Crippen molar-refractivity contribution in [1.82, 2.24) is 24.4 Å². The quantitative estimate of drug-likeness (QED) is 0.507. The predicted octanol–water partition coefficient (Wildman–Crippen LogP) is 4.46. The van der Waals surface area contributed by atoms with Gasteiger partial charge in [0.2, 0.25) is 5.16 Å². The minimum Gasteiger partial charge on any atom is -0.444 e. The third-order valence-electron chi connectivity index (χ3n) is 5.55. The van der Waals surface area contributed by atoms with E-state index < -0.39 is 16.4 Å². The molecule has 1 aromatic carbocycles. The van der Waals surface area contributed by atoms with Crippen LogP contribution in [0.15, 0.2) is 48.0 Å². The summed E-state index contributed by atoms with van der Waals surface area (Å²) in [5, 5.41) is 0.232. The molecule has 3 heterocycles. The van der Waals surface area contributed by atoms with Crippen molar-refractivity contribution in [2.75, 3.05) is 19.3 Å². The summed E-state index contributed by atoms with van der Waals surface area (Å²) in [5.74, 6) is -0.329. The summed E-state index contributed by atoms with van der Waals surface area (Å²) in [6.07, 6.45) is 5.98. The lowest BCUT2D eigenvalue weighted by Crippen LogP contribution is -2.42. The number of halogens is 1. The van der Waals surface area contributed by atoms with Crippen LogP contribution in [-0.2, 0) is 15.5 Å². The molecule has 0 aliphatic carbocycles. The van der Waals surface area contributed by atoms with Gasteiger partial charge in [0.1, 0.15) is 11.4 Å². The highest BCUT2D eigenvalue weighted by Crippen LogP contribution is 2.35. The Morgan fingerprint density at radius 1 is 1.12 bits per heavy atom. The Kier molecular flexibility index (Phi) is 6.79. The maximum atomic E-state index is 13.5. The lowest BCUT2D eigenvalue weighted by Gasteiger charge is -2.34. The van der Waals surface area contributed by atoms with E-state index in [1.54, 1.807) is 35.6 Å². The average molecular weight is 486 g/mol. The molecule has 1 unspecified atom stereocenters. The third-order valence-corrected chi connectivity index (χ3v) is 6.27. The van der Waals surface area contributed by atoms with E-state index in [2.05, 4.69) is 19.5 Å². The molecule has 10 heteroatoms. The van der Waals surface area contributed by atoms with Crippen LogP contribution >= 0.6 is 0 Å². The number of hydrogen-bond donors (Lipinski definition) is 0. The van der Waals surface area contributed by atoms with E-state index in [-0.39, 0.29) is 23.1 Å². The van der Waals surface area contributed by atoms with Gasteiger partial charge in [0.25, 0.3) is 0 Å². The topological polar surface area (TPSA) is 90.2 Å². The van der Waals surface area contributed by atoms with Gasteiger partial charge in [-0.05, 0) is 63.9 Å². The molecule has 1 saturated heterocycles. The molecule has 1 aliphatic rings. The summed E-state index contributed by atoms with van der Waals surface area (Å²) >= 11 is 0. The van der Waals surface area contributed by atoms with Crippen molar-refractivity contribution >= 4 is 16.9 Å². The number of carbonyl (C=O) groups is 1. The van der Waals surface area contributed by atoms with Gasteiger partial charge in [0.15, 0.2) is 0 Å². The van der Waals surface area contributed by atoms with Crippen LogP contribution in [-0.4, -0.2) is 59.7 Å². The van der Waals surface area contributed by atoms with Gasteiger partial charge < -0.3 is 14.2 Å². The van der Waals surface area contributed by atoms with Crippen molar-refractivity contribution in [1.29, 1.82) is 0 Å². The number of likely N-dealkylation sites (tertiary alicyclic amines) is 1. The minimum atomic E-state index is -1.34. The van der Waals surface area contributed by atoms with Gasteiger partial charge in [-0.3, -0.25) is 4.21 Å². The van der Waals surface area contributed by atoms with Gasteiger partial charge in [0, 0.05) is 37.1 Å². The van der Waals surface area contributed by atoms with Crippen LogP contribution < -0.4 is 0 Å². The molecule has 0 bridgehead atoms. The van der Waals surface area contributed by atoms with Gasteiger partial charge in [-0.15, -0.1) is 0 Å². The molecule has 4 rings (SSSR count). The first-order chi connectivity index (χ1) is 16.1. The van der Waals surface area contributed by atoms with Crippen LogP contribution in [0.5, 0.6) is 0 Å². The second kappa shape index (κ2) is 9.61. The fourth-order valence-corrected chi connectivity index (χ4v) is 4.41. The first-order valence-electron chi connectivity index (χ1n) is 11.1.